The molecule has 3 N–H and O–H groups in total. The second kappa shape index (κ2) is 9.43. The number of hydrogen-bond acceptors (Lipinski definition) is 2. The maximum absolute atomic E-state index is 6.02. The molecule has 0 aliphatic carbocycles. The molecule has 0 spiro atoms. The fourth-order valence-electron chi connectivity index (χ4n) is 3.03. The molecular formula is C19H24BrIN4. The topological polar surface area (TPSA) is 53.6 Å². The number of rotatable bonds is 4. The fourth-order valence-corrected chi connectivity index (χ4v) is 3.41. The summed E-state index contributed by atoms with van der Waals surface area (Å²) in [6, 6.07) is 16.6. The van der Waals surface area contributed by atoms with Crippen LogP contribution in [0.25, 0.3) is 0 Å². The van der Waals surface area contributed by atoms with Crippen LogP contribution in [0.2, 0.25) is 0 Å². The van der Waals surface area contributed by atoms with Crippen LogP contribution < -0.4 is 16.0 Å². The maximum atomic E-state index is 6.02. The molecule has 0 bridgehead atoms. The minimum Gasteiger partial charge on any atom is -0.371 e. The summed E-state index contributed by atoms with van der Waals surface area (Å²) < 4.78 is 1.12. The number of hydrogen-bond donors (Lipinski definition) is 2. The van der Waals surface area contributed by atoms with E-state index in [0.29, 0.717) is 11.9 Å². The van der Waals surface area contributed by atoms with Crippen molar-refractivity contribution in [3.63, 3.8) is 0 Å². The van der Waals surface area contributed by atoms with Crippen LogP contribution in [-0.4, -0.2) is 25.6 Å². The van der Waals surface area contributed by atoms with Gasteiger partial charge in [0, 0.05) is 35.5 Å². The number of aryl methyl sites for hydroxylation is 1. The van der Waals surface area contributed by atoms with Gasteiger partial charge in [-0.2, -0.15) is 0 Å². The van der Waals surface area contributed by atoms with Crippen molar-refractivity contribution in [3.8, 4) is 0 Å². The first-order valence-corrected chi connectivity index (χ1v) is 9.03. The van der Waals surface area contributed by atoms with E-state index in [4.69, 9.17) is 5.73 Å². The molecule has 1 unspecified atom stereocenters. The van der Waals surface area contributed by atoms with Crippen LogP contribution in [0.3, 0.4) is 0 Å². The highest BCUT2D eigenvalue weighted by molar-refractivity contribution is 14.0. The molecule has 134 valence electrons. The molecule has 4 nitrogen and oxygen atoms in total. The summed E-state index contributed by atoms with van der Waals surface area (Å²) in [7, 11) is 0. The van der Waals surface area contributed by atoms with Crippen molar-refractivity contribution >= 4 is 57.2 Å². The van der Waals surface area contributed by atoms with E-state index in [1.807, 2.05) is 12.1 Å². The van der Waals surface area contributed by atoms with Crippen molar-refractivity contribution in [2.24, 2.45) is 16.6 Å². The molecule has 2 aromatic rings. The first-order chi connectivity index (χ1) is 11.6. The number of nitrogens with zero attached hydrogens (tertiary/aromatic N) is 2. The van der Waals surface area contributed by atoms with E-state index >= 15 is 0 Å². The van der Waals surface area contributed by atoms with Gasteiger partial charge in [0.1, 0.15) is 0 Å². The Morgan fingerprint density at radius 1 is 1.28 bits per heavy atom. The zero-order valence-electron chi connectivity index (χ0n) is 14.3. The van der Waals surface area contributed by atoms with Gasteiger partial charge < -0.3 is 16.0 Å². The molecular weight excluding hydrogens is 491 g/mol. The molecule has 6 heteroatoms. The van der Waals surface area contributed by atoms with Crippen molar-refractivity contribution in [2.45, 2.75) is 13.3 Å². The number of nitrogens with one attached hydrogen (secondary N) is 1. The first kappa shape index (κ1) is 20.0. The molecule has 0 saturated carbocycles. The molecule has 1 saturated heterocycles. The van der Waals surface area contributed by atoms with Gasteiger partial charge in [0.15, 0.2) is 5.96 Å². The Morgan fingerprint density at radius 2 is 2.08 bits per heavy atom. The van der Waals surface area contributed by atoms with E-state index in [0.717, 1.165) is 36.2 Å². The highest BCUT2D eigenvalue weighted by Gasteiger charge is 2.22. The van der Waals surface area contributed by atoms with Crippen molar-refractivity contribution in [1.29, 1.82) is 0 Å². The average molecular weight is 515 g/mol. The van der Waals surface area contributed by atoms with Gasteiger partial charge >= 0.3 is 0 Å². The summed E-state index contributed by atoms with van der Waals surface area (Å²) in [6.45, 7) is 4.92. The van der Waals surface area contributed by atoms with E-state index in [2.05, 4.69) is 74.5 Å². The normalized spacial score (nSPS) is 17.3. The smallest absolute Gasteiger partial charge is 0.193 e. The summed E-state index contributed by atoms with van der Waals surface area (Å²) in [4.78, 5) is 6.94. The molecule has 3 rings (SSSR count). The molecule has 1 atom stereocenters. The number of nitrogens with two attached hydrogens (primary N) is 1. The highest BCUT2D eigenvalue weighted by Crippen LogP contribution is 2.26. The van der Waals surface area contributed by atoms with Gasteiger partial charge in [-0.15, -0.1) is 24.0 Å². The van der Waals surface area contributed by atoms with Gasteiger partial charge in [0.2, 0.25) is 0 Å². The third kappa shape index (κ3) is 5.88. The number of benzene rings is 2. The van der Waals surface area contributed by atoms with Crippen molar-refractivity contribution in [1.82, 2.24) is 0 Å². The van der Waals surface area contributed by atoms with Gasteiger partial charge in [-0.05, 0) is 55.2 Å². The summed E-state index contributed by atoms with van der Waals surface area (Å²) in [5, 5.41) is 3.16. The van der Waals surface area contributed by atoms with Crippen LogP contribution in [0.15, 0.2) is 58.0 Å². The lowest BCUT2D eigenvalue weighted by Gasteiger charge is -2.18. The van der Waals surface area contributed by atoms with Crippen LogP contribution in [0.4, 0.5) is 11.4 Å². The van der Waals surface area contributed by atoms with E-state index in [9.17, 15) is 0 Å². The quantitative estimate of drug-likeness (QED) is 0.355. The number of halogens is 2. The van der Waals surface area contributed by atoms with E-state index in [1.54, 1.807) is 0 Å². The molecule has 0 aromatic heterocycles. The van der Waals surface area contributed by atoms with E-state index in [1.165, 1.54) is 11.3 Å². The van der Waals surface area contributed by atoms with Crippen LogP contribution in [0, 0.1) is 12.8 Å². The molecule has 1 aliphatic rings. The third-order valence-electron chi connectivity index (χ3n) is 4.27. The lowest BCUT2D eigenvalue weighted by Crippen LogP contribution is -2.25. The number of anilines is 2. The Kier molecular flexibility index (Phi) is 7.56. The lowest BCUT2D eigenvalue weighted by atomic mass is 10.1. The highest BCUT2D eigenvalue weighted by atomic mass is 127. The monoisotopic (exact) mass is 514 g/mol. The summed E-state index contributed by atoms with van der Waals surface area (Å²) >= 11 is 3.54. The van der Waals surface area contributed by atoms with Crippen LogP contribution in [-0.2, 0) is 0 Å². The van der Waals surface area contributed by atoms with Gasteiger partial charge in [-0.3, -0.25) is 4.99 Å². The Labute approximate surface area is 175 Å². The summed E-state index contributed by atoms with van der Waals surface area (Å²) in [5.41, 5.74) is 9.47. The molecule has 1 aliphatic heterocycles. The van der Waals surface area contributed by atoms with Crippen molar-refractivity contribution < 1.29 is 0 Å². The molecule has 0 radical (unpaired) electrons. The Balaban J connectivity index is 0.00000225. The van der Waals surface area contributed by atoms with E-state index < -0.39 is 0 Å². The number of aliphatic imine (C=N–C) groups is 1. The zero-order valence-corrected chi connectivity index (χ0v) is 18.2. The summed E-state index contributed by atoms with van der Waals surface area (Å²) in [5.74, 6) is 1.03. The molecule has 0 amide bonds. The Bertz CT molecular complexity index is 735. The second-order valence-electron chi connectivity index (χ2n) is 6.30. The average Bonchev–Trinajstić information content (AvgIpc) is 3.02. The standard InChI is InChI=1S/C19H23BrN4.HI/c1-14-4-2-6-17(10-14)23-19(21)22-12-15-8-9-24(13-15)18-7-3-5-16(20)11-18;/h2-7,10-11,15H,8-9,12-13H2,1H3,(H3,21,22,23);1H. The minimum absolute atomic E-state index is 0. The van der Waals surface area contributed by atoms with Gasteiger partial charge in [-0.25, -0.2) is 0 Å². The molecule has 1 heterocycles. The second-order valence-corrected chi connectivity index (χ2v) is 7.22. The summed E-state index contributed by atoms with van der Waals surface area (Å²) in [6.07, 6.45) is 1.15. The maximum Gasteiger partial charge on any atom is 0.193 e. The third-order valence-corrected chi connectivity index (χ3v) is 4.76. The van der Waals surface area contributed by atoms with Crippen molar-refractivity contribution in [3.05, 3.63) is 58.6 Å². The van der Waals surface area contributed by atoms with Gasteiger partial charge in [0.25, 0.3) is 0 Å². The van der Waals surface area contributed by atoms with Gasteiger partial charge in [-0.1, -0.05) is 34.1 Å². The molecule has 1 fully saturated rings. The van der Waals surface area contributed by atoms with Crippen LogP contribution >= 0.6 is 39.9 Å². The van der Waals surface area contributed by atoms with Crippen LogP contribution in [0.5, 0.6) is 0 Å². The van der Waals surface area contributed by atoms with E-state index in [-0.39, 0.29) is 24.0 Å². The number of guanidine groups is 1. The van der Waals surface area contributed by atoms with Crippen LogP contribution in [0.1, 0.15) is 12.0 Å². The molecule has 2 aromatic carbocycles. The minimum atomic E-state index is 0. The predicted molar refractivity (Wildman–Crippen MR) is 121 cm³/mol. The molecule has 25 heavy (non-hydrogen) atoms. The SMILES string of the molecule is Cc1cccc(NC(N)=NCC2CCN(c3cccc(Br)c3)C2)c1.I. The zero-order chi connectivity index (χ0) is 16.9. The van der Waals surface area contributed by atoms with Gasteiger partial charge in [0.05, 0.1) is 0 Å². The Morgan fingerprint density at radius 3 is 2.84 bits per heavy atom. The first-order valence-electron chi connectivity index (χ1n) is 8.24. The van der Waals surface area contributed by atoms with Crippen molar-refractivity contribution in [2.75, 3.05) is 29.9 Å². The Hall–Kier alpha value is -1.28. The lowest BCUT2D eigenvalue weighted by molar-refractivity contribution is 0.603. The largest absolute Gasteiger partial charge is 0.371 e. The fraction of sp³-hybridized carbons (Fsp3) is 0.316. The predicted octanol–water partition coefficient (Wildman–Crippen LogP) is 4.63.